The molecule has 31 heavy (non-hydrogen) atoms. The molecule has 7 heteroatoms. The monoisotopic (exact) mass is 442 g/mol. The SMILES string of the molecule is CCC(C)COc1ccc(NC(=O)c2cc(-c3ccc(OC(C)C)c(Cl)c3)on2)cc1. The number of aromatic nitrogens is 1. The molecule has 1 amide bonds. The largest absolute Gasteiger partial charge is 0.493 e. The van der Waals surface area contributed by atoms with Gasteiger partial charge in [-0.15, -0.1) is 0 Å². The lowest BCUT2D eigenvalue weighted by Gasteiger charge is -2.11. The minimum Gasteiger partial charge on any atom is -0.493 e. The Morgan fingerprint density at radius 1 is 1.13 bits per heavy atom. The first-order valence-corrected chi connectivity index (χ1v) is 10.7. The fourth-order valence-corrected chi connectivity index (χ4v) is 2.93. The van der Waals surface area contributed by atoms with E-state index in [9.17, 15) is 4.79 Å². The Labute approximate surface area is 187 Å². The van der Waals surface area contributed by atoms with Gasteiger partial charge in [0, 0.05) is 17.3 Å². The lowest BCUT2D eigenvalue weighted by atomic mass is 10.1. The highest BCUT2D eigenvalue weighted by molar-refractivity contribution is 6.32. The maximum atomic E-state index is 12.5. The van der Waals surface area contributed by atoms with E-state index in [4.69, 9.17) is 25.6 Å². The Balaban J connectivity index is 1.63. The van der Waals surface area contributed by atoms with E-state index in [0.717, 1.165) is 12.2 Å². The summed E-state index contributed by atoms with van der Waals surface area (Å²) in [6.07, 6.45) is 1.08. The van der Waals surface area contributed by atoms with Crippen molar-refractivity contribution in [2.45, 2.75) is 40.2 Å². The van der Waals surface area contributed by atoms with Gasteiger partial charge in [0.2, 0.25) is 0 Å². The number of nitrogens with one attached hydrogen (secondary N) is 1. The van der Waals surface area contributed by atoms with Crippen LogP contribution in [-0.2, 0) is 0 Å². The Morgan fingerprint density at radius 3 is 2.52 bits per heavy atom. The van der Waals surface area contributed by atoms with Crippen molar-refractivity contribution in [3.63, 3.8) is 0 Å². The number of rotatable bonds is 9. The van der Waals surface area contributed by atoms with Crippen molar-refractivity contribution in [2.24, 2.45) is 5.92 Å². The van der Waals surface area contributed by atoms with Crippen LogP contribution in [0.3, 0.4) is 0 Å². The normalized spacial score (nSPS) is 11.9. The van der Waals surface area contributed by atoms with Crippen molar-refractivity contribution in [1.82, 2.24) is 5.16 Å². The topological polar surface area (TPSA) is 73.6 Å². The summed E-state index contributed by atoms with van der Waals surface area (Å²) in [7, 11) is 0. The maximum absolute atomic E-state index is 12.5. The third-order valence-electron chi connectivity index (χ3n) is 4.67. The van der Waals surface area contributed by atoms with E-state index in [0.29, 0.717) is 40.3 Å². The molecule has 6 nitrogen and oxygen atoms in total. The summed E-state index contributed by atoms with van der Waals surface area (Å²) >= 11 is 6.28. The lowest BCUT2D eigenvalue weighted by molar-refractivity contribution is 0.101. The molecule has 3 rings (SSSR count). The number of carbonyl (C=O) groups excluding carboxylic acids is 1. The van der Waals surface area contributed by atoms with Gasteiger partial charge < -0.3 is 19.3 Å². The molecule has 1 heterocycles. The van der Waals surface area contributed by atoms with Crippen LogP contribution in [0.25, 0.3) is 11.3 Å². The molecule has 0 fully saturated rings. The minimum absolute atomic E-state index is 0.0180. The average Bonchev–Trinajstić information content (AvgIpc) is 3.24. The first-order valence-electron chi connectivity index (χ1n) is 10.3. The molecule has 0 aliphatic rings. The Kier molecular flexibility index (Phi) is 7.58. The fourth-order valence-electron chi connectivity index (χ4n) is 2.71. The van der Waals surface area contributed by atoms with Gasteiger partial charge in [0.15, 0.2) is 11.5 Å². The highest BCUT2D eigenvalue weighted by Gasteiger charge is 2.15. The van der Waals surface area contributed by atoms with E-state index in [2.05, 4.69) is 24.3 Å². The Hall–Kier alpha value is -2.99. The van der Waals surface area contributed by atoms with E-state index in [1.54, 1.807) is 30.3 Å². The Morgan fingerprint density at radius 2 is 1.87 bits per heavy atom. The number of ether oxygens (including phenoxy) is 2. The van der Waals surface area contributed by atoms with Gasteiger partial charge >= 0.3 is 0 Å². The van der Waals surface area contributed by atoms with Crippen LogP contribution in [-0.4, -0.2) is 23.8 Å². The van der Waals surface area contributed by atoms with E-state index < -0.39 is 0 Å². The summed E-state index contributed by atoms with van der Waals surface area (Å²) in [5.41, 5.74) is 1.52. The molecule has 1 N–H and O–H groups in total. The molecule has 0 saturated heterocycles. The predicted octanol–water partition coefficient (Wildman–Crippen LogP) is 6.46. The fraction of sp³-hybridized carbons (Fsp3) is 0.333. The number of amides is 1. The summed E-state index contributed by atoms with van der Waals surface area (Å²) in [6, 6.07) is 14.1. The van der Waals surface area contributed by atoms with Crippen LogP contribution in [0, 0.1) is 5.92 Å². The number of hydrogen-bond donors (Lipinski definition) is 1. The van der Waals surface area contributed by atoms with Crippen LogP contribution in [0.5, 0.6) is 11.5 Å². The molecule has 1 atom stereocenters. The molecular formula is C24H27ClN2O4. The van der Waals surface area contributed by atoms with Crippen molar-refractivity contribution in [2.75, 3.05) is 11.9 Å². The Bertz CT molecular complexity index is 1010. The number of nitrogens with zero attached hydrogens (tertiary/aromatic N) is 1. The quantitative estimate of drug-likeness (QED) is 0.411. The second-order valence-corrected chi connectivity index (χ2v) is 8.10. The second kappa shape index (κ2) is 10.4. The number of anilines is 1. The van der Waals surface area contributed by atoms with Crippen LogP contribution < -0.4 is 14.8 Å². The number of carbonyl (C=O) groups is 1. The van der Waals surface area contributed by atoms with Crippen molar-refractivity contribution in [3.8, 4) is 22.8 Å². The number of benzene rings is 2. The summed E-state index contributed by atoms with van der Waals surface area (Å²) in [5, 5.41) is 7.15. The third kappa shape index (κ3) is 6.25. The molecule has 1 aromatic heterocycles. The first kappa shape index (κ1) is 22.7. The lowest BCUT2D eigenvalue weighted by Crippen LogP contribution is -2.12. The molecule has 0 aliphatic heterocycles. The van der Waals surface area contributed by atoms with Crippen LogP contribution in [0.4, 0.5) is 5.69 Å². The molecule has 0 aliphatic carbocycles. The predicted molar refractivity (Wildman–Crippen MR) is 122 cm³/mol. The molecule has 0 spiro atoms. The second-order valence-electron chi connectivity index (χ2n) is 7.69. The van der Waals surface area contributed by atoms with E-state index in [-0.39, 0.29) is 17.7 Å². The third-order valence-corrected chi connectivity index (χ3v) is 4.96. The smallest absolute Gasteiger partial charge is 0.277 e. The molecular weight excluding hydrogens is 416 g/mol. The standard InChI is InChI=1S/C24H27ClN2O4/c1-5-16(4)14-29-19-9-7-18(8-10-19)26-24(28)21-13-23(31-27-21)17-6-11-22(20(25)12-17)30-15(2)3/h6-13,15-16H,5,14H2,1-4H3,(H,26,28). The summed E-state index contributed by atoms with van der Waals surface area (Å²) < 4.78 is 16.7. The van der Waals surface area contributed by atoms with Gasteiger partial charge in [-0.2, -0.15) is 0 Å². The summed E-state index contributed by atoms with van der Waals surface area (Å²) in [5.74, 6) is 1.93. The summed E-state index contributed by atoms with van der Waals surface area (Å²) in [4.78, 5) is 12.5. The van der Waals surface area contributed by atoms with Gasteiger partial charge in [-0.05, 0) is 62.2 Å². The molecule has 1 unspecified atom stereocenters. The molecule has 2 aromatic carbocycles. The van der Waals surface area contributed by atoms with E-state index in [1.807, 2.05) is 32.0 Å². The first-order chi connectivity index (χ1) is 14.9. The zero-order valence-corrected chi connectivity index (χ0v) is 18.9. The van der Waals surface area contributed by atoms with Gasteiger partial charge in [0.25, 0.3) is 5.91 Å². The molecule has 0 saturated carbocycles. The number of halogens is 1. The van der Waals surface area contributed by atoms with Crippen molar-refractivity contribution in [3.05, 3.63) is 59.2 Å². The van der Waals surface area contributed by atoms with Gasteiger partial charge in [-0.3, -0.25) is 4.79 Å². The average molecular weight is 443 g/mol. The molecule has 3 aromatic rings. The van der Waals surface area contributed by atoms with Gasteiger partial charge in [0.1, 0.15) is 11.5 Å². The number of hydrogen-bond acceptors (Lipinski definition) is 5. The minimum atomic E-state index is -0.367. The highest BCUT2D eigenvalue weighted by atomic mass is 35.5. The zero-order chi connectivity index (χ0) is 22.4. The van der Waals surface area contributed by atoms with Gasteiger partial charge in [0.05, 0.1) is 17.7 Å². The van der Waals surface area contributed by atoms with Crippen LogP contribution >= 0.6 is 11.6 Å². The molecule has 0 radical (unpaired) electrons. The molecule has 164 valence electrons. The highest BCUT2D eigenvalue weighted by Crippen LogP contribution is 2.31. The van der Waals surface area contributed by atoms with Crippen molar-refractivity contribution < 1.29 is 18.8 Å². The zero-order valence-electron chi connectivity index (χ0n) is 18.1. The maximum Gasteiger partial charge on any atom is 0.277 e. The molecule has 0 bridgehead atoms. The van der Waals surface area contributed by atoms with E-state index in [1.165, 1.54) is 0 Å². The van der Waals surface area contributed by atoms with Crippen molar-refractivity contribution >= 4 is 23.2 Å². The van der Waals surface area contributed by atoms with Crippen LogP contribution in [0.1, 0.15) is 44.6 Å². The van der Waals surface area contributed by atoms with Crippen LogP contribution in [0.2, 0.25) is 5.02 Å². The van der Waals surface area contributed by atoms with Gasteiger partial charge in [-0.1, -0.05) is 37.0 Å². The van der Waals surface area contributed by atoms with E-state index >= 15 is 0 Å². The van der Waals surface area contributed by atoms with Crippen LogP contribution in [0.15, 0.2) is 53.1 Å². The summed E-state index contributed by atoms with van der Waals surface area (Å²) in [6.45, 7) is 8.80. The van der Waals surface area contributed by atoms with Gasteiger partial charge in [-0.25, -0.2) is 0 Å². The van der Waals surface area contributed by atoms with Crippen molar-refractivity contribution in [1.29, 1.82) is 0 Å².